The van der Waals surface area contributed by atoms with Gasteiger partial charge in [0.1, 0.15) is 0 Å². The van der Waals surface area contributed by atoms with E-state index in [1.807, 2.05) is 0 Å². The van der Waals surface area contributed by atoms with Gasteiger partial charge in [-0.3, -0.25) is 0 Å². The van der Waals surface area contributed by atoms with Crippen LogP contribution < -0.4 is 0 Å². The van der Waals surface area contributed by atoms with E-state index in [2.05, 4.69) is 11.9 Å². The molecule has 0 N–H and O–H groups in total. The minimum Gasteiger partial charge on any atom is -0.325 e. The van der Waals surface area contributed by atoms with Crippen LogP contribution in [-0.2, 0) is 16.9 Å². The molecule has 1 aromatic rings. The number of sulfone groups is 1. The number of aromatic nitrogens is 2. The molecule has 0 aliphatic heterocycles. The van der Waals surface area contributed by atoms with E-state index in [1.165, 1.54) is 76.8 Å². The predicted octanol–water partition coefficient (Wildman–Crippen LogP) is 5.68. The number of aryl methyl sites for hydroxylation is 1. The SMILES string of the molecule is CCCCCCCCCCCCCCCCS(=O)(=O)c1nccn1C. The normalized spacial score (nSPS) is 11.9. The van der Waals surface area contributed by atoms with Crippen molar-refractivity contribution in [1.82, 2.24) is 9.55 Å². The van der Waals surface area contributed by atoms with Crippen molar-refractivity contribution in [2.24, 2.45) is 7.05 Å². The van der Waals surface area contributed by atoms with Gasteiger partial charge in [0.2, 0.25) is 15.0 Å². The molecule has 1 heterocycles. The first-order valence-corrected chi connectivity index (χ1v) is 11.9. The van der Waals surface area contributed by atoms with Crippen molar-refractivity contribution in [1.29, 1.82) is 0 Å². The van der Waals surface area contributed by atoms with Crippen LogP contribution >= 0.6 is 0 Å². The van der Waals surface area contributed by atoms with Crippen molar-refractivity contribution in [3.8, 4) is 0 Å². The summed E-state index contributed by atoms with van der Waals surface area (Å²) in [5.74, 6) is 0.218. The number of unbranched alkanes of at least 4 members (excludes halogenated alkanes) is 13. The number of nitrogens with zero attached hydrogens (tertiary/aromatic N) is 2. The first kappa shape index (κ1) is 22.2. The molecule has 0 radical (unpaired) electrons. The summed E-state index contributed by atoms with van der Waals surface area (Å²) in [5.41, 5.74) is 0. The third-order valence-electron chi connectivity index (χ3n) is 4.82. The summed E-state index contributed by atoms with van der Waals surface area (Å²) in [4.78, 5) is 3.95. The van der Waals surface area contributed by atoms with Crippen LogP contribution in [0.4, 0.5) is 0 Å². The van der Waals surface area contributed by atoms with E-state index in [9.17, 15) is 8.42 Å². The lowest BCUT2D eigenvalue weighted by molar-refractivity contribution is 0.536. The second-order valence-electron chi connectivity index (χ2n) is 7.24. The Morgan fingerprint density at radius 1 is 0.800 bits per heavy atom. The third-order valence-corrected chi connectivity index (χ3v) is 6.60. The summed E-state index contributed by atoms with van der Waals surface area (Å²) in [6, 6.07) is 0. The molecule has 0 saturated heterocycles. The van der Waals surface area contributed by atoms with Gasteiger partial charge in [-0.1, -0.05) is 90.4 Å². The maximum atomic E-state index is 12.1. The van der Waals surface area contributed by atoms with E-state index in [-0.39, 0.29) is 10.9 Å². The number of imidazole rings is 1. The number of rotatable bonds is 16. The quantitative estimate of drug-likeness (QED) is 0.352. The highest BCUT2D eigenvalue weighted by atomic mass is 32.2. The Balaban J connectivity index is 1.90. The standard InChI is InChI=1S/C20H38N2O2S/c1-3-4-5-6-7-8-9-10-11-12-13-14-15-16-19-25(23,24)20-21-17-18-22(20)2/h17-18H,3-16,19H2,1-2H3. The third kappa shape index (κ3) is 10.0. The summed E-state index contributed by atoms with van der Waals surface area (Å²) in [6.45, 7) is 2.26. The lowest BCUT2D eigenvalue weighted by atomic mass is 10.0. The molecule has 0 fully saturated rings. The molecular weight excluding hydrogens is 332 g/mol. The van der Waals surface area contributed by atoms with Crippen LogP contribution in [0.5, 0.6) is 0 Å². The molecule has 1 aromatic heterocycles. The lowest BCUT2D eigenvalue weighted by Crippen LogP contribution is -2.12. The second-order valence-corrected chi connectivity index (χ2v) is 9.24. The molecule has 146 valence electrons. The van der Waals surface area contributed by atoms with Gasteiger partial charge in [0.05, 0.1) is 5.75 Å². The second kappa shape index (κ2) is 13.4. The molecule has 0 unspecified atom stereocenters. The van der Waals surface area contributed by atoms with Gasteiger partial charge in [0.25, 0.3) is 0 Å². The minimum atomic E-state index is -3.21. The largest absolute Gasteiger partial charge is 0.325 e. The molecule has 0 aliphatic rings. The maximum Gasteiger partial charge on any atom is 0.227 e. The Bertz CT molecular complexity index is 538. The average Bonchev–Trinajstić information content (AvgIpc) is 3.02. The van der Waals surface area contributed by atoms with Crippen LogP contribution in [0.2, 0.25) is 0 Å². The topological polar surface area (TPSA) is 52.0 Å². The Kier molecular flexibility index (Phi) is 11.9. The van der Waals surface area contributed by atoms with Gasteiger partial charge < -0.3 is 4.57 Å². The van der Waals surface area contributed by atoms with Crippen molar-refractivity contribution in [2.75, 3.05) is 5.75 Å². The zero-order valence-corrected chi connectivity index (χ0v) is 17.2. The molecule has 0 aliphatic carbocycles. The molecular formula is C20H38N2O2S. The van der Waals surface area contributed by atoms with Gasteiger partial charge in [-0.25, -0.2) is 13.4 Å². The highest BCUT2D eigenvalue weighted by Crippen LogP contribution is 2.14. The first-order valence-electron chi connectivity index (χ1n) is 10.3. The molecule has 0 atom stereocenters. The zero-order valence-electron chi connectivity index (χ0n) is 16.4. The highest BCUT2D eigenvalue weighted by molar-refractivity contribution is 7.91. The van der Waals surface area contributed by atoms with Gasteiger partial charge in [-0.05, 0) is 6.42 Å². The van der Waals surface area contributed by atoms with Gasteiger partial charge in [-0.15, -0.1) is 0 Å². The van der Waals surface area contributed by atoms with Crippen LogP contribution in [0.25, 0.3) is 0 Å². The predicted molar refractivity (Wildman–Crippen MR) is 106 cm³/mol. The summed E-state index contributed by atoms with van der Waals surface area (Å²) in [7, 11) is -1.48. The Labute approximate surface area is 155 Å². The van der Waals surface area contributed by atoms with E-state index in [1.54, 1.807) is 17.8 Å². The smallest absolute Gasteiger partial charge is 0.227 e. The number of hydrogen-bond acceptors (Lipinski definition) is 3. The Hall–Kier alpha value is -0.840. The fourth-order valence-electron chi connectivity index (χ4n) is 3.23. The van der Waals surface area contributed by atoms with Crippen LogP contribution in [0, 0.1) is 0 Å². The summed E-state index contributed by atoms with van der Waals surface area (Å²) < 4.78 is 25.9. The monoisotopic (exact) mass is 370 g/mol. The fraction of sp³-hybridized carbons (Fsp3) is 0.850. The Morgan fingerprint density at radius 2 is 1.24 bits per heavy atom. The van der Waals surface area contributed by atoms with Crippen molar-refractivity contribution >= 4 is 9.84 Å². The van der Waals surface area contributed by atoms with Crippen LogP contribution in [-0.4, -0.2) is 23.7 Å². The number of hydrogen-bond donors (Lipinski definition) is 0. The van der Waals surface area contributed by atoms with Crippen LogP contribution in [0.15, 0.2) is 17.6 Å². The molecule has 0 aromatic carbocycles. The van der Waals surface area contributed by atoms with Gasteiger partial charge >= 0.3 is 0 Å². The van der Waals surface area contributed by atoms with Crippen molar-refractivity contribution in [2.45, 2.75) is 102 Å². The summed E-state index contributed by atoms with van der Waals surface area (Å²) in [6.07, 6.45) is 21.1. The molecule has 25 heavy (non-hydrogen) atoms. The van der Waals surface area contributed by atoms with E-state index >= 15 is 0 Å². The highest BCUT2D eigenvalue weighted by Gasteiger charge is 2.18. The summed E-state index contributed by atoms with van der Waals surface area (Å²) >= 11 is 0. The van der Waals surface area contributed by atoms with Gasteiger partial charge in [0, 0.05) is 19.4 Å². The van der Waals surface area contributed by atoms with Crippen molar-refractivity contribution < 1.29 is 8.42 Å². The van der Waals surface area contributed by atoms with E-state index in [0.29, 0.717) is 0 Å². The molecule has 0 saturated carbocycles. The van der Waals surface area contributed by atoms with E-state index in [0.717, 1.165) is 19.3 Å². The minimum absolute atomic E-state index is 0.196. The van der Waals surface area contributed by atoms with E-state index in [4.69, 9.17) is 0 Å². The fourth-order valence-corrected chi connectivity index (χ4v) is 4.72. The van der Waals surface area contributed by atoms with Gasteiger partial charge in [-0.2, -0.15) is 0 Å². The molecule has 5 heteroatoms. The maximum absolute atomic E-state index is 12.1. The van der Waals surface area contributed by atoms with E-state index < -0.39 is 9.84 Å². The molecule has 1 rings (SSSR count). The Morgan fingerprint density at radius 3 is 1.64 bits per heavy atom. The average molecular weight is 371 g/mol. The molecule has 0 spiro atoms. The van der Waals surface area contributed by atoms with Crippen molar-refractivity contribution in [3.63, 3.8) is 0 Å². The first-order chi connectivity index (χ1) is 12.1. The molecule has 0 bridgehead atoms. The lowest BCUT2D eigenvalue weighted by Gasteiger charge is -2.05. The summed E-state index contributed by atoms with van der Waals surface area (Å²) in [5, 5.41) is 0.196. The van der Waals surface area contributed by atoms with Crippen LogP contribution in [0.3, 0.4) is 0 Å². The van der Waals surface area contributed by atoms with Crippen molar-refractivity contribution in [3.05, 3.63) is 12.4 Å². The molecule has 0 amide bonds. The van der Waals surface area contributed by atoms with Crippen LogP contribution in [0.1, 0.15) is 96.8 Å². The van der Waals surface area contributed by atoms with Gasteiger partial charge in [0.15, 0.2) is 0 Å². The zero-order chi connectivity index (χ0) is 18.4. The molecule has 4 nitrogen and oxygen atoms in total.